The van der Waals surface area contributed by atoms with Gasteiger partial charge in [-0.2, -0.15) is 0 Å². The molecule has 1 amide bonds. The number of carbonyl (C=O) groups excluding carboxylic acids is 2. The monoisotopic (exact) mass is 471 g/mol. The van der Waals surface area contributed by atoms with Crippen LogP contribution in [0.3, 0.4) is 0 Å². The lowest BCUT2D eigenvalue weighted by atomic mass is 9.93. The number of amides is 1. The van der Waals surface area contributed by atoms with Crippen LogP contribution in [0.2, 0.25) is 5.02 Å². The second-order valence-corrected chi connectivity index (χ2v) is 8.24. The lowest BCUT2D eigenvalue weighted by molar-refractivity contribution is -0.135. The highest BCUT2D eigenvalue weighted by atomic mass is 35.5. The number of hydrogen-bond donors (Lipinski definition) is 0. The zero-order valence-electron chi connectivity index (χ0n) is 18.4. The van der Waals surface area contributed by atoms with E-state index >= 15 is 0 Å². The van der Waals surface area contributed by atoms with Gasteiger partial charge in [0.25, 0.3) is 0 Å². The summed E-state index contributed by atoms with van der Waals surface area (Å²) in [6, 6.07) is 17.0. The summed E-state index contributed by atoms with van der Waals surface area (Å²) in [4.78, 5) is 27.1. The van der Waals surface area contributed by atoms with Gasteiger partial charge < -0.3 is 9.64 Å². The summed E-state index contributed by atoms with van der Waals surface area (Å²) in [5.74, 6) is -2.51. The van der Waals surface area contributed by atoms with E-state index in [0.717, 1.165) is 11.6 Å². The molecule has 172 valence electrons. The summed E-state index contributed by atoms with van der Waals surface area (Å²) in [7, 11) is 1.62. The van der Waals surface area contributed by atoms with Crippen LogP contribution in [0, 0.1) is 24.5 Å². The Kier molecular flexibility index (Phi) is 8.17. The van der Waals surface area contributed by atoms with Crippen molar-refractivity contribution < 1.29 is 23.1 Å². The molecule has 0 aliphatic rings. The highest BCUT2D eigenvalue weighted by molar-refractivity contribution is 6.31. The molecule has 0 radical (unpaired) electrons. The normalized spacial score (nSPS) is 11.7. The third kappa shape index (κ3) is 6.86. The average Bonchev–Trinajstić information content (AvgIpc) is 2.77. The SMILES string of the molecule is Cc1cc(N(C)C(=O)[C@@H](CCC(=O)Oc2ccccc2)Cc2cc(F)cc(F)c2)ccc1Cl. The largest absolute Gasteiger partial charge is 0.427 e. The molecule has 4 nitrogen and oxygen atoms in total. The Morgan fingerprint density at radius 3 is 2.30 bits per heavy atom. The highest BCUT2D eigenvalue weighted by Gasteiger charge is 2.25. The van der Waals surface area contributed by atoms with Crippen molar-refractivity contribution in [1.82, 2.24) is 0 Å². The van der Waals surface area contributed by atoms with Crippen molar-refractivity contribution >= 4 is 29.2 Å². The van der Waals surface area contributed by atoms with Crippen molar-refractivity contribution in [2.24, 2.45) is 5.92 Å². The zero-order valence-corrected chi connectivity index (χ0v) is 19.1. The van der Waals surface area contributed by atoms with E-state index in [-0.39, 0.29) is 25.2 Å². The van der Waals surface area contributed by atoms with Gasteiger partial charge in [-0.1, -0.05) is 29.8 Å². The summed E-state index contributed by atoms with van der Waals surface area (Å²) < 4.78 is 32.7. The van der Waals surface area contributed by atoms with E-state index in [2.05, 4.69) is 0 Å². The molecule has 0 bridgehead atoms. The fourth-order valence-corrected chi connectivity index (χ4v) is 3.65. The number of hydrogen-bond acceptors (Lipinski definition) is 3. The number of nitrogens with zero attached hydrogens (tertiary/aromatic N) is 1. The molecule has 3 rings (SSSR count). The molecule has 33 heavy (non-hydrogen) atoms. The van der Waals surface area contributed by atoms with Crippen molar-refractivity contribution in [2.75, 3.05) is 11.9 Å². The first kappa shape index (κ1) is 24.4. The van der Waals surface area contributed by atoms with E-state index in [9.17, 15) is 18.4 Å². The molecule has 1 atom stereocenters. The van der Waals surface area contributed by atoms with Crippen LogP contribution >= 0.6 is 11.6 Å². The van der Waals surface area contributed by atoms with Crippen LogP contribution < -0.4 is 9.64 Å². The van der Waals surface area contributed by atoms with Crippen LogP contribution in [0.25, 0.3) is 0 Å². The lowest BCUT2D eigenvalue weighted by Gasteiger charge is -2.24. The fourth-order valence-electron chi connectivity index (χ4n) is 3.53. The number of rotatable bonds is 8. The second kappa shape index (κ2) is 11.1. The average molecular weight is 472 g/mol. The number of anilines is 1. The van der Waals surface area contributed by atoms with Gasteiger partial charge in [0.1, 0.15) is 17.4 Å². The Hall–Kier alpha value is -3.25. The molecule has 0 spiro atoms. The number of para-hydroxylation sites is 1. The van der Waals surface area contributed by atoms with E-state index in [1.54, 1.807) is 55.6 Å². The first-order chi connectivity index (χ1) is 15.7. The molecule has 0 aliphatic heterocycles. The maximum atomic E-state index is 13.7. The molecule has 0 heterocycles. The van der Waals surface area contributed by atoms with E-state index in [0.29, 0.717) is 22.0 Å². The Morgan fingerprint density at radius 1 is 1.00 bits per heavy atom. The van der Waals surface area contributed by atoms with Gasteiger partial charge in [-0.05, 0) is 73.4 Å². The molecule has 0 saturated heterocycles. The summed E-state index contributed by atoms with van der Waals surface area (Å²) >= 11 is 6.09. The molecule has 0 unspecified atom stereocenters. The van der Waals surface area contributed by atoms with Crippen LogP contribution in [0.4, 0.5) is 14.5 Å². The minimum atomic E-state index is -0.721. The summed E-state index contributed by atoms with van der Waals surface area (Å²) in [6.07, 6.45) is 0.194. The van der Waals surface area contributed by atoms with Gasteiger partial charge >= 0.3 is 5.97 Å². The molecule has 0 N–H and O–H groups in total. The molecule has 0 aromatic heterocycles. The lowest BCUT2D eigenvalue weighted by Crippen LogP contribution is -2.34. The molecule has 3 aromatic carbocycles. The summed E-state index contributed by atoms with van der Waals surface area (Å²) in [5, 5.41) is 0.579. The Bertz CT molecular complexity index is 1120. The summed E-state index contributed by atoms with van der Waals surface area (Å²) in [6.45, 7) is 1.83. The molecule has 0 fully saturated rings. The van der Waals surface area contributed by atoms with Crippen molar-refractivity contribution in [3.63, 3.8) is 0 Å². The predicted octanol–water partition coefficient (Wildman–Crippen LogP) is 6.13. The topological polar surface area (TPSA) is 46.6 Å². The Morgan fingerprint density at radius 2 is 1.67 bits per heavy atom. The van der Waals surface area contributed by atoms with Crippen LogP contribution in [0.5, 0.6) is 5.75 Å². The van der Waals surface area contributed by atoms with Crippen LogP contribution in [0.1, 0.15) is 24.0 Å². The van der Waals surface area contributed by atoms with E-state index < -0.39 is 23.5 Å². The van der Waals surface area contributed by atoms with Gasteiger partial charge in [-0.15, -0.1) is 0 Å². The highest BCUT2D eigenvalue weighted by Crippen LogP contribution is 2.26. The van der Waals surface area contributed by atoms with Gasteiger partial charge in [0, 0.05) is 36.2 Å². The minimum Gasteiger partial charge on any atom is -0.427 e. The summed E-state index contributed by atoms with van der Waals surface area (Å²) in [5.41, 5.74) is 1.77. The minimum absolute atomic E-state index is 0.0312. The molecular weight excluding hydrogens is 448 g/mol. The third-order valence-corrected chi connectivity index (χ3v) is 5.71. The maximum Gasteiger partial charge on any atom is 0.311 e. The third-order valence-electron chi connectivity index (χ3n) is 5.28. The van der Waals surface area contributed by atoms with Crippen LogP contribution in [-0.2, 0) is 16.0 Å². The fraction of sp³-hybridized carbons (Fsp3) is 0.231. The molecule has 3 aromatic rings. The Balaban J connectivity index is 1.78. The van der Waals surface area contributed by atoms with Gasteiger partial charge in [0.15, 0.2) is 0 Å². The predicted molar refractivity (Wildman–Crippen MR) is 124 cm³/mol. The maximum absolute atomic E-state index is 13.7. The number of carbonyl (C=O) groups is 2. The van der Waals surface area contributed by atoms with Gasteiger partial charge in [-0.3, -0.25) is 9.59 Å². The quantitative estimate of drug-likeness (QED) is 0.293. The van der Waals surface area contributed by atoms with Crippen molar-refractivity contribution in [2.45, 2.75) is 26.2 Å². The van der Waals surface area contributed by atoms with Crippen molar-refractivity contribution in [1.29, 1.82) is 0 Å². The number of benzene rings is 3. The smallest absolute Gasteiger partial charge is 0.311 e. The number of aryl methyl sites for hydroxylation is 1. The molecule has 7 heteroatoms. The zero-order chi connectivity index (χ0) is 24.0. The van der Waals surface area contributed by atoms with Gasteiger partial charge in [0.2, 0.25) is 5.91 Å². The second-order valence-electron chi connectivity index (χ2n) is 7.84. The number of esters is 1. The van der Waals surface area contributed by atoms with E-state index in [1.165, 1.54) is 17.0 Å². The number of halogens is 3. The Labute approximate surface area is 196 Å². The molecular formula is C26H24ClF2NO3. The molecule has 0 aliphatic carbocycles. The van der Waals surface area contributed by atoms with Crippen molar-refractivity contribution in [3.8, 4) is 5.75 Å². The van der Waals surface area contributed by atoms with Crippen LogP contribution in [-0.4, -0.2) is 18.9 Å². The standard InChI is InChI=1S/C26H24ClF2NO3/c1-17-12-22(9-10-24(17)27)30(2)26(32)19(13-18-14-20(28)16-21(29)15-18)8-11-25(31)33-23-6-4-3-5-7-23/h3-7,9-10,12,14-16,19H,8,11,13H2,1-2H3/t19-/m0/s1. The van der Waals surface area contributed by atoms with Crippen molar-refractivity contribution in [3.05, 3.63) is 94.5 Å². The van der Waals surface area contributed by atoms with Crippen LogP contribution in [0.15, 0.2) is 66.7 Å². The first-order valence-corrected chi connectivity index (χ1v) is 10.8. The molecule has 0 saturated carbocycles. The van der Waals surface area contributed by atoms with Gasteiger partial charge in [0.05, 0.1) is 0 Å². The van der Waals surface area contributed by atoms with E-state index in [4.69, 9.17) is 16.3 Å². The number of ether oxygens (including phenoxy) is 1. The van der Waals surface area contributed by atoms with E-state index in [1.807, 2.05) is 6.92 Å². The first-order valence-electron chi connectivity index (χ1n) is 10.5. The van der Waals surface area contributed by atoms with Gasteiger partial charge in [-0.25, -0.2) is 8.78 Å².